The zero-order valence-corrected chi connectivity index (χ0v) is 7.30. The van der Waals surface area contributed by atoms with Gasteiger partial charge in [-0.2, -0.15) is 0 Å². The van der Waals surface area contributed by atoms with E-state index in [0.717, 1.165) is 24.3 Å². The molecule has 66 valence electrons. The smallest absolute Gasteiger partial charge is 0.0489 e. The maximum Gasteiger partial charge on any atom is 0.0489 e. The lowest BCUT2D eigenvalue weighted by molar-refractivity contribution is 0.761. The molecule has 0 aromatic heterocycles. The minimum absolute atomic E-state index is 0.788. The first-order valence-corrected chi connectivity index (χ1v) is 4.17. The number of rotatable bonds is 4. The Bertz CT molecular complexity index is 218. The van der Waals surface area contributed by atoms with E-state index in [1.807, 2.05) is 24.3 Å². The third-order valence-corrected chi connectivity index (χ3v) is 1.52. The van der Waals surface area contributed by atoms with Gasteiger partial charge in [0.2, 0.25) is 0 Å². The number of nitrogens with two attached hydrogens (primary N) is 1. The first-order valence-electron chi connectivity index (χ1n) is 4.17. The molecule has 0 aliphatic rings. The molecule has 3 nitrogen and oxygen atoms in total. The highest BCUT2D eigenvalue weighted by molar-refractivity contribution is 5.50. The fourth-order valence-electron chi connectivity index (χ4n) is 0.856. The Morgan fingerprint density at radius 3 is 2.50 bits per heavy atom. The molecule has 0 radical (unpaired) electrons. The first kappa shape index (κ1) is 8.87. The number of hydrogen-bond donors (Lipinski definition) is 3. The molecule has 1 aromatic rings. The molecule has 0 saturated heterocycles. The van der Waals surface area contributed by atoms with Crippen LogP contribution in [0.25, 0.3) is 0 Å². The van der Waals surface area contributed by atoms with Crippen molar-refractivity contribution in [3.63, 3.8) is 0 Å². The van der Waals surface area contributed by atoms with Gasteiger partial charge in [0.25, 0.3) is 0 Å². The zero-order chi connectivity index (χ0) is 8.81. The van der Waals surface area contributed by atoms with Crippen molar-refractivity contribution < 1.29 is 0 Å². The molecule has 0 atom stereocenters. The minimum atomic E-state index is 0.788. The Morgan fingerprint density at radius 2 is 1.92 bits per heavy atom. The van der Waals surface area contributed by atoms with Gasteiger partial charge in [0.15, 0.2) is 0 Å². The largest absolute Gasteiger partial charge is 0.399 e. The van der Waals surface area contributed by atoms with Crippen LogP contribution in [0.2, 0.25) is 0 Å². The molecular formula is C9H15N3. The van der Waals surface area contributed by atoms with Gasteiger partial charge < -0.3 is 11.2 Å². The Morgan fingerprint density at radius 1 is 1.25 bits per heavy atom. The predicted octanol–water partition coefficient (Wildman–Crippen LogP) is 1.60. The molecule has 0 saturated carbocycles. The summed E-state index contributed by atoms with van der Waals surface area (Å²) in [5.74, 6) is 0. The fourth-order valence-corrected chi connectivity index (χ4v) is 0.856. The van der Waals surface area contributed by atoms with Crippen molar-refractivity contribution in [2.24, 2.45) is 0 Å². The predicted molar refractivity (Wildman–Crippen MR) is 52.8 cm³/mol. The van der Waals surface area contributed by atoms with Gasteiger partial charge in [0.1, 0.15) is 0 Å². The highest BCUT2D eigenvalue weighted by Gasteiger charge is 1.88. The summed E-state index contributed by atoms with van der Waals surface area (Å²) in [6, 6.07) is 7.63. The van der Waals surface area contributed by atoms with Gasteiger partial charge in [-0.05, 0) is 30.7 Å². The van der Waals surface area contributed by atoms with Crippen LogP contribution in [0.4, 0.5) is 11.4 Å². The number of hydrogen-bond acceptors (Lipinski definition) is 3. The summed E-state index contributed by atoms with van der Waals surface area (Å²) < 4.78 is 0. The monoisotopic (exact) mass is 165 g/mol. The molecule has 0 amide bonds. The lowest BCUT2D eigenvalue weighted by Gasteiger charge is -2.06. The number of benzene rings is 1. The van der Waals surface area contributed by atoms with E-state index < -0.39 is 0 Å². The van der Waals surface area contributed by atoms with Crippen LogP contribution in [0.1, 0.15) is 13.3 Å². The van der Waals surface area contributed by atoms with Crippen molar-refractivity contribution in [3.8, 4) is 0 Å². The van der Waals surface area contributed by atoms with E-state index in [9.17, 15) is 0 Å². The molecule has 12 heavy (non-hydrogen) atoms. The lowest BCUT2D eigenvalue weighted by atomic mass is 10.3. The fraction of sp³-hybridized carbons (Fsp3) is 0.333. The van der Waals surface area contributed by atoms with Gasteiger partial charge in [-0.15, -0.1) is 0 Å². The standard InChI is InChI=1S/C9H15N3/c1-2-7-11-12-9-5-3-8(10)4-6-9/h3-6,11-12H,2,7,10H2,1H3. The molecule has 4 N–H and O–H groups in total. The van der Waals surface area contributed by atoms with Gasteiger partial charge in [-0.3, -0.25) is 0 Å². The summed E-state index contributed by atoms with van der Waals surface area (Å²) in [6.07, 6.45) is 1.11. The molecule has 0 unspecified atom stereocenters. The maximum atomic E-state index is 5.53. The van der Waals surface area contributed by atoms with Crippen LogP contribution in [-0.4, -0.2) is 6.54 Å². The van der Waals surface area contributed by atoms with Crippen LogP contribution in [-0.2, 0) is 0 Å². The summed E-state index contributed by atoms with van der Waals surface area (Å²) in [6.45, 7) is 3.09. The quantitative estimate of drug-likeness (QED) is 0.361. The summed E-state index contributed by atoms with van der Waals surface area (Å²) in [7, 11) is 0. The van der Waals surface area contributed by atoms with Crippen LogP contribution >= 0.6 is 0 Å². The molecule has 3 heteroatoms. The Labute approximate surface area is 72.9 Å². The lowest BCUT2D eigenvalue weighted by Crippen LogP contribution is -2.21. The van der Waals surface area contributed by atoms with Crippen molar-refractivity contribution in [3.05, 3.63) is 24.3 Å². The number of hydrazine groups is 1. The van der Waals surface area contributed by atoms with Crippen LogP contribution in [0.5, 0.6) is 0 Å². The van der Waals surface area contributed by atoms with E-state index in [1.165, 1.54) is 0 Å². The van der Waals surface area contributed by atoms with Crippen molar-refractivity contribution in [1.82, 2.24) is 5.43 Å². The molecule has 0 spiro atoms. The minimum Gasteiger partial charge on any atom is -0.399 e. The highest BCUT2D eigenvalue weighted by atomic mass is 15.3. The van der Waals surface area contributed by atoms with Crippen LogP contribution < -0.4 is 16.6 Å². The average molecular weight is 165 g/mol. The molecule has 0 bridgehead atoms. The summed E-state index contributed by atoms with van der Waals surface area (Å²) in [5.41, 5.74) is 13.5. The summed E-state index contributed by atoms with van der Waals surface area (Å²) in [4.78, 5) is 0. The van der Waals surface area contributed by atoms with Crippen molar-refractivity contribution in [2.45, 2.75) is 13.3 Å². The normalized spacial score (nSPS) is 9.75. The first-order chi connectivity index (χ1) is 5.83. The Balaban J connectivity index is 2.37. The molecule has 0 fully saturated rings. The van der Waals surface area contributed by atoms with Gasteiger partial charge in [0.05, 0.1) is 0 Å². The van der Waals surface area contributed by atoms with E-state index in [1.54, 1.807) is 0 Å². The SMILES string of the molecule is CCCNNc1ccc(N)cc1. The molecular weight excluding hydrogens is 150 g/mol. The van der Waals surface area contributed by atoms with Crippen LogP contribution in [0, 0.1) is 0 Å². The molecule has 0 aliphatic heterocycles. The van der Waals surface area contributed by atoms with E-state index >= 15 is 0 Å². The number of nitrogen functional groups attached to an aromatic ring is 1. The van der Waals surface area contributed by atoms with Gasteiger partial charge in [-0.25, -0.2) is 5.43 Å². The van der Waals surface area contributed by atoms with Crippen LogP contribution in [0.15, 0.2) is 24.3 Å². The van der Waals surface area contributed by atoms with Gasteiger partial charge >= 0.3 is 0 Å². The number of anilines is 2. The van der Waals surface area contributed by atoms with Gasteiger partial charge in [0, 0.05) is 17.9 Å². The maximum absolute atomic E-state index is 5.53. The molecule has 0 aliphatic carbocycles. The van der Waals surface area contributed by atoms with E-state index in [4.69, 9.17) is 5.73 Å². The summed E-state index contributed by atoms with van der Waals surface area (Å²) >= 11 is 0. The summed E-state index contributed by atoms with van der Waals surface area (Å²) in [5, 5.41) is 0. The van der Waals surface area contributed by atoms with Crippen molar-refractivity contribution in [1.29, 1.82) is 0 Å². The average Bonchev–Trinajstić information content (AvgIpc) is 2.09. The van der Waals surface area contributed by atoms with Crippen molar-refractivity contribution >= 4 is 11.4 Å². The Kier molecular flexibility index (Phi) is 3.41. The molecule has 0 heterocycles. The van der Waals surface area contributed by atoms with E-state index in [2.05, 4.69) is 17.8 Å². The van der Waals surface area contributed by atoms with Gasteiger partial charge in [-0.1, -0.05) is 6.92 Å². The number of nitrogens with one attached hydrogen (secondary N) is 2. The van der Waals surface area contributed by atoms with Crippen LogP contribution in [0.3, 0.4) is 0 Å². The second-order valence-corrected chi connectivity index (χ2v) is 2.67. The molecule has 1 aromatic carbocycles. The van der Waals surface area contributed by atoms with E-state index in [-0.39, 0.29) is 0 Å². The second kappa shape index (κ2) is 4.62. The second-order valence-electron chi connectivity index (χ2n) is 2.67. The third kappa shape index (κ3) is 2.80. The molecule has 1 rings (SSSR count). The zero-order valence-electron chi connectivity index (χ0n) is 7.30. The third-order valence-electron chi connectivity index (χ3n) is 1.52. The van der Waals surface area contributed by atoms with E-state index in [0.29, 0.717) is 0 Å². The van der Waals surface area contributed by atoms with Crippen molar-refractivity contribution in [2.75, 3.05) is 17.7 Å². The Hall–Kier alpha value is -1.22. The topological polar surface area (TPSA) is 50.1 Å². The highest BCUT2D eigenvalue weighted by Crippen LogP contribution is 2.08.